The Morgan fingerprint density at radius 2 is 2.07 bits per heavy atom. The van der Waals surface area contributed by atoms with E-state index in [9.17, 15) is 9.59 Å². The molecule has 0 aromatic heterocycles. The largest absolute Gasteiger partial charge is 0.292 e. The molecule has 0 saturated carbocycles. The average molecular weight is 208 g/mol. The zero-order valence-corrected chi connectivity index (χ0v) is 9.28. The third-order valence-corrected chi connectivity index (χ3v) is 2.40. The molecule has 4 heteroatoms. The number of imide groups is 1. The van der Waals surface area contributed by atoms with Gasteiger partial charge in [0, 0.05) is 6.04 Å². The van der Waals surface area contributed by atoms with Gasteiger partial charge in [0.25, 0.3) is 0 Å². The van der Waals surface area contributed by atoms with Crippen molar-refractivity contribution in [1.82, 2.24) is 10.2 Å². The lowest BCUT2D eigenvalue weighted by molar-refractivity contribution is -0.140. The van der Waals surface area contributed by atoms with Gasteiger partial charge in [-0.1, -0.05) is 5.92 Å². The molecule has 1 fully saturated rings. The molecule has 1 saturated heterocycles. The first kappa shape index (κ1) is 11.7. The van der Waals surface area contributed by atoms with Gasteiger partial charge in [0.2, 0.25) is 11.8 Å². The fourth-order valence-electron chi connectivity index (χ4n) is 1.67. The Morgan fingerprint density at radius 1 is 1.47 bits per heavy atom. The molecule has 2 unspecified atom stereocenters. The molecule has 1 heterocycles. The number of carbonyl (C=O) groups is 2. The SMILES string of the molecule is C#CC(C)NC1CC(=O)N(C(C)C)C1=O. The molecular weight excluding hydrogens is 192 g/mol. The molecule has 1 aliphatic heterocycles. The highest BCUT2D eigenvalue weighted by Gasteiger charge is 2.39. The lowest BCUT2D eigenvalue weighted by Gasteiger charge is -2.19. The number of hydrogen-bond donors (Lipinski definition) is 1. The maximum Gasteiger partial charge on any atom is 0.247 e. The minimum absolute atomic E-state index is 0.0852. The zero-order valence-electron chi connectivity index (χ0n) is 9.28. The van der Waals surface area contributed by atoms with E-state index in [2.05, 4.69) is 11.2 Å². The lowest BCUT2D eigenvalue weighted by Crippen LogP contribution is -2.44. The Morgan fingerprint density at radius 3 is 2.47 bits per heavy atom. The molecule has 0 bridgehead atoms. The summed E-state index contributed by atoms with van der Waals surface area (Å²) in [7, 11) is 0. The molecule has 0 spiro atoms. The minimum Gasteiger partial charge on any atom is -0.292 e. The summed E-state index contributed by atoms with van der Waals surface area (Å²) in [5, 5.41) is 2.95. The van der Waals surface area contributed by atoms with E-state index in [0.717, 1.165) is 0 Å². The van der Waals surface area contributed by atoms with Crippen LogP contribution < -0.4 is 5.32 Å². The van der Waals surface area contributed by atoms with Crippen LogP contribution >= 0.6 is 0 Å². The molecule has 0 radical (unpaired) electrons. The van der Waals surface area contributed by atoms with E-state index in [0.29, 0.717) is 0 Å². The molecule has 1 rings (SSSR count). The van der Waals surface area contributed by atoms with E-state index in [1.165, 1.54) is 4.90 Å². The van der Waals surface area contributed by atoms with Crippen LogP contribution in [0.25, 0.3) is 0 Å². The quantitative estimate of drug-likeness (QED) is 0.530. The molecule has 0 aromatic carbocycles. The smallest absolute Gasteiger partial charge is 0.247 e. The first-order valence-electron chi connectivity index (χ1n) is 5.05. The molecule has 1 N–H and O–H groups in total. The van der Waals surface area contributed by atoms with Gasteiger partial charge >= 0.3 is 0 Å². The molecule has 0 aromatic rings. The molecule has 4 nitrogen and oxygen atoms in total. The van der Waals surface area contributed by atoms with Crippen molar-refractivity contribution in [2.24, 2.45) is 0 Å². The minimum atomic E-state index is -0.453. The molecular formula is C11H16N2O2. The molecule has 82 valence electrons. The molecule has 0 aliphatic carbocycles. The standard InChI is InChI=1S/C11H16N2O2/c1-5-8(4)12-9-6-10(14)13(7(2)3)11(9)15/h1,7-9,12H,6H2,2-4H3. The number of likely N-dealkylation sites (tertiary alicyclic amines) is 1. The van der Waals surface area contributed by atoms with Crippen molar-refractivity contribution >= 4 is 11.8 Å². The van der Waals surface area contributed by atoms with Crippen molar-refractivity contribution in [3.63, 3.8) is 0 Å². The van der Waals surface area contributed by atoms with Gasteiger partial charge in [0.05, 0.1) is 18.5 Å². The highest BCUT2D eigenvalue weighted by atomic mass is 16.2. The Bertz CT molecular complexity index is 317. The number of amides is 2. The van der Waals surface area contributed by atoms with Crippen LogP contribution in [0.5, 0.6) is 0 Å². The highest BCUT2D eigenvalue weighted by molar-refractivity contribution is 6.05. The van der Waals surface area contributed by atoms with Gasteiger partial charge in [-0.2, -0.15) is 0 Å². The summed E-state index contributed by atoms with van der Waals surface area (Å²) in [6.45, 7) is 5.43. The summed E-state index contributed by atoms with van der Waals surface area (Å²) in [4.78, 5) is 24.6. The lowest BCUT2D eigenvalue weighted by atomic mass is 10.2. The van der Waals surface area contributed by atoms with Gasteiger partial charge in [0.1, 0.15) is 0 Å². The molecule has 15 heavy (non-hydrogen) atoms. The Hall–Kier alpha value is -1.34. The van der Waals surface area contributed by atoms with Crippen molar-refractivity contribution in [2.45, 2.75) is 45.3 Å². The number of nitrogens with zero attached hydrogens (tertiary/aromatic N) is 1. The van der Waals surface area contributed by atoms with Crippen LogP contribution in [0.15, 0.2) is 0 Å². The molecule has 1 aliphatic rings. The van der Waals surface area contributed by atoms with E-state index in [-0.39, 0.29) is 30.3 Å². The summed E-state index contributed by atoms with van der Waals surface area (Å²) in [6.07, 6.45) is 5.41. The van der Waals surface area contributed by atoms with Gasteiger partial charge in [-0.15, -0.1) is 6.42 Å². The van der Waals surface area contributed by atoms with Crippen LogP contribution in [-0.2, 0) is 9.59 Å². The Kier molecular flexibility index (Phi) is 3.48. The van der Waals surface area contributed by atoms with Crippen LogP contribution in [0.1, 0.15) is 27.2 Å². The van der Waals surface area contributed by atoms with Crippen molar-refractivity contribution in [2.75, 3.05) is 0 Å². The first-order chi connectivity index (χ1) is 6.97. The van der Waals surface area contributed by atoms with Crippen molar-refractivity contribution in [1.29, 1.82) is 0 Å². The van der Waals surface area contributed by atoms with Gasteiger partial charge < -0.3 is 0 Å². The second-order valence-corrected chi connectivity index (χ2v) is 4.01. The van der Waals surface area contributed by atoms with Crippen molar-refractivity contribution < 1.29 is 9.59 Å². The van der Waals surface area contributed by atoms with Crippen molar-refractivity contribution in [3.05, 3.63) is 0 Å². The number of hydrogen-bond acceptors (Lipinski definition) is 3. The Labute approximate surface area is 90.0 Å². The second-order valence-electron chi connectivity index (χ2n) is 4.01. The van der Waals surface area contributed by atoms with E-state index in [4.69, 9.17) is 6.42 Å². The maximum absolute atomic E-state index is 11.8. The summed E-state index contributed by atoms with van der Waals surface area (Å²) in [6, 6.07) is -0.734. The highest BCUT2D eigenvalue weighted by Crippen LogP contribution is 2.16. The number of nitrogens with one attached hydrogen (secondary N) is 1. The third-order valence-electron chi connectivity index (χ3n) is 2.40. The van der Waals surface area contributed by atoms with Crippen molar-refractivity contribution in [3.8, 4) is 12.3 Å². The van der Waals surface area contributed by atoms with E-state index >= 15 is 0 Å². The van der Waals surface area contributed by atoms with E-state index in [1.807, 2.05) is 13.8 Å². The predicted molar refractivity (Wildman–Crippen MR) is 56.8 cm³/mol. The fourth-order valence-corrected chi connectivity index (χ4v) is 1.67. The third kappa shape index (κ3) is 2.37. The van der Waals surface area contributed by atoms with Crippen LogP contribution in [0, 0.1) is 12.3 Å². The van der Waals surface area contributed by atoms with Gasteiger partial charge in [-0.05, 0) is 20.8 Å². The molecule has 2 amide bonds. The maximum atomic E-state index is 11.8. The fraction of sp³-hybridized carbons (Fsp3) is 0.636. The van der Waals surface area contributed by atoms with Crippen LogP contribution in [0.4, 0.5) is 0 Å². The van der Waals surface area contributed by atoms with Gasteiger partial charge in [0.15, 0.2) is 0 Å². The second kappa shape index (κ2) is 4.45. The summed E-state index contributed by atoms with van der Waals surface area (Å²) in [5.74, 6) is 2.18. The van der Waals surface area contributed by atoms with E-state index < -0.39 is 6.04 Å². The van der Waals surface area contributed by atoms with Crippen LogP contribution in [-0.4, -0.2) is 34.8 Å². The molecule has 2 atom stereocenters. The van der Waals surface area contributed by atoms with Crippen LogP contribution in [0.3, 0.4) is 0 Å². The average Bonchev–Trinajstić information content (AvgIpc) is 2.41. The Balaban J connectivity index is 2.70. The number of rotatable bonds is 3. The number of terminal acetylenes is 1. The van der Waals surface area contributed by atoms with E-state index in [1.54, 1.807) is 6.92 Å². The predicted octanol–water partition coefficient (Wildman–Crippen LogP) is 0.134. The van der Waals surface area contributed by atoms with Crippen LogP contribution in [0.2, 0.25) is 0 Å². The van der Waals surface area contributed by atoms with Gasteiger partial charge in [-0.25, -0.2) is 0 Å². The topological polar surface area (TPSA) is 49.4 Å². The zero-order chi connectivity index (χ0) is 11.6. The first-order valence-corrected chi connectivity index (χ1v) is 5.05. The normalized spacial score (nSPS) is 23.4. The number of carbonyl (C=O) groups excluding carboxylic acids is 2. The monoisotopic (exact) mass is 208 g/mol. The summed E-state index contributed by atoms with van der Waals surface area (Å²) >= 11 is 0. The summed E-state index contributed by atoms with van der Waals surface area (Å²) < 4.78 is 0. The summed E-state index contributed by atoms with van der Waals surface area (Å²) in [5.41, 5.74) is 0. The van der Waals surface area contributed by atoms with Gasteiger partial charge in [-0.3, -0.25) is 19.8 Å².